The van der Waals surface area contributed by atoms with Gasteiger partial charge in [-0.05, 0) is 80.8 Å². The number of ether oxygens (including phenoxy) is 2. The van der Waals surface area contributed by atoms with Gasteiger partial charge in [0.2, 0.25) is 0 Å². The average molecular weight is 643 g/mol. The minimum atomic E-state index is -1.91. The summed E-state index contributed by atoms with van der Waals surface area (Å²) in [5.74, 6) is -2.26. The van der Waals surface area contributed by atoms with Crippen LogP contribution < -0.4 is 9.64 Å². The number of halogens is 3. The van der Waals surface area contributed by atoms with Crippen LogP contribution in [0.25, 0.3) is 11.1 Å². The highest BCUT2D eigenvalue weighted by molar-refractivity contribution is 6.31. The molecule has 4 rings (SSSR count). The van der Waals surface area contributed by atoms with Crippen LogP contribution in [-0.2, 0) is 21.6 Å². The fourth-order valence-corrected chi connectivity index (χ4v) is 6.10. The minimum absolute atomic E-state index is 0.00133. The molecule has 45 heavy (non-hydrogen) atoms. The summed E-state index contributed by atoms with van der Waals surface area (Å²) in [4.78, 5) is 32.0. The molecule has 0 spiro atoms. The lowest BCUT2D eigenvalue weighted by Crippen LogP contribution is -2.46. The van der Waals surface area contributed by atoms with Crippen LogP contribution >= 0.6 is 11.6 Å². The number of nitrogens with zero attached hydrogens (tertiary/aromatic N) is 2. The Balaban J connectivity index is 1.87. The number of piperidine rings is 1. The van der Waals surface area contributed by atoms with E-state index in [0.717, 1.165) is 18.4 Å². The summed E-state index contributed by atoms with van der Waals surface area (Å²) >= 11 is 6.80. The molecule has 10 heteroatoms. The van der Waals surface area contributed by atoms with Crippen molar-refractivity contribution in [3.05, 3.63) is 76.1 Å². The maximum absolute atomic E-state index is 15.6. The van der Waals surface area contributed by atoms with E-state index in [9.17, 15) is 19.1 Å². The number of aldehydes is 1. The van der Waals surface area contributed by atoms with E-state index in [-0.39, 0.29) is 52.0 Å². The number of carboxylic acid groups (broad SMARTS) is 1. The van der Waals surface area contributed by atoms with Gasteiger partial charge in [-0.3, -0.25) is 4.79 Å². The van der Waals surface area contributed by atoms with Crippen molar-refractivity contribution in [3.8, 4) is 16.9 Å². The van der Waals surface area contributed by atoms with Crippen LogP contribution in [0.4, 0.5) is 14.5 Å². The van der Waals surface area contributed by atoms with Gasteiger partial charge in [0.05, 0.1) is 23.5 Å². The van der Waals surface area contributed by atoms with E-state index >= 15 is 4.39 Å². The third-order valence-corrected chi connectivity index (χ3v) is 8.48. The largest absolute Gasteiger partial charge is 0.490 e. The van der Waals surface area contributed by atoms with Crippen LogP contribution in [-0.4, -0.2) is 47.6 Å². The molecular formula is C35H41ClF2N2O5. The van der Waals surface area contributed by atoms with E-state index in [0.29, 0.717) is 37.0 Å². The third-order valence-electron chi connectivity index (χ3n) is 8.21. The number of hydrogen-bond donors (Lipinski definition) is 1. The molecule has 1 aliphatic rings. The van der Waals surface area contributed by atoms with E-state index in [1.165, 1.54) is 24.3 Å². The summed E-state index contributed by atoms with van der Waals surface area (Å²) in [5.41, 5.74) is -0.831. The number of anilines is 1. The molecule has 1 saturated heterocycles. The van der Waals surface area contributed by atoms with Crippen molar-refractivity contribution in [2.24, 2.45) is 5.41 Å². The van der Waals surface area contributed by atoms with Gasteiger partial charge < -0.3 is 19.5 Å². The smallest absolute Gasteiger partial charge is 0.340 e. The van der Waals surface area contributed by atoms with Crippen LogP contribution in [0.5, 0.6) is 5.75 Å². The molecule has 242 valence electrons. The van der Waals surface area contributed by atoms with Crippen molar-refractivity contribution < 1.29 is 33.0 Å². The zero-order valence-corrected chi connectivity index (χ0v) is 27.4. The predicted octanol–water partition coefficient (Wildman–Crippen LogP) is 8.25. The molecule has 0 saturated carbocycles. The highest BCUT2D eigenvalue weighted by Gasteiger charge is 2.49. The second-order valence-corrected chi connectivity index (χ2v) is 13.6. The second-order valence-electron chi connectivity index (χ2n) is 13.2. The molecule has 0 aliphatic carbocycles. The van der Waals surface area contributed by atoms with Crippen molar-refractivity contribution in [1.82, 2.24) is 4.98 Å². The number of benzene rings is 2. The molecule has 1 atom stereocenters. The molecule has 1 N–H and O–H groups in total. The number of pyridine rings is 1. The lowest BCUT2D eigenvalue weighted by molar-refractivity contribution is -0.188. The number of aliphatic carboxylic acids is 1. The molecular weight excluding hydrogens is 602 g/mol. The van der Waals surface area contributed by atoms with Crippen LogP contribution in [0.3, 0.4) is 0 Å². The molecule has 1 aromatic heterocycles. The number of rotatable bonds is 11. The lowest BCUT2D eigenvalue weighted by Gasteiger charge is -2.43. The molecule has 1 aliphatic heterocycles. The van der Waals surface area contributed by atoms with Gasteiger partial charge in [-0.1, -0.05) is 50.6 Å². The Bertz CT molecular complexity index is 1550. The van der Waals surface area contributed by atoms with E-state index in [4.69, 9.17) is 21.1 Å². The topological polar surface area (TPSA) is 89.0 Å². The Morgan fingerprint density at radius 2 is 1.76 bits per heavy atom. The zero-order valence-electron chi connectivity index (χ0n) is 26.7. The highest BCUT2D eigenvalue weighted by atomic mass is 35.5. The Kier molecular flexibility index (Phi) is 10.2. The van der Waals surface area contributed by atoms with Crippen molar-refractivity contribution >= 4 is 29.5 Å². The molecule has 0 bridgehead atoms. The monoisotopic (exact) mass is 642 g/mol. The molecule has 7 nitrogen and oxygen atoms in total. The number of aromatic nitrogens is 1. The van der Waals surface area contributed by atoms with Crippen molar-refractivity contribution in [2.45, 2.75) is 78.4 Å². The first kappa shape index (κ1) is 34.3. The summed E-state index contributed by atoms with van der Waals surface area (Å²) in [5, 5.41) is 10.6. The minimum Gasteiger partial charge on any atom is -0.490 e. The first-order chi connectivity index (χ1) is 21.1. The molecule has 2 heterocycles. The quantitative estimate of drug-likeness (QED) is 0.166. The van der Waals surface area contributed by atoms with Gasteiger partial charge in [0, 0.05) is 25.1 Å². The Labute approximate surface area is 268 Å². The summed E-state index contributed by atoms with van der Waals surface area (Å²) < 4.78 is 40.9. The van der Waals surface area contributed by atoms with Crippen molar-refractivity contribution in [2.75, 3.05) is 24.6 Å². The Hall–Kier alpha value is -3.56. The van der Waals surface area contributed by atoms with E-state index in [1.807, 2.05) is 4.90 Å². The fourth-order valence-electron chi connectivity index (χ4n) is 5.77. The van der Waals surface area contributed by atoms with Gasteiger partial charge in [0.15, 0.2) is 23.5 Å². The Morgan fingerprint density at radius 3 is 2.29 bits per heavy atom. The van der Waals surface area contributed by atoms with E-state index in [1.54, 1.807) is 45.9 Å². The Morgan fingerprint density at radius 1 is 1.11 bits per heavy atom. The molecule has 3 aromatic rings. The summed E-state index contributed by atoms with van der Waals surface area (Å²) in [7, 11) is 0. The van der Waals surface area contributed by atoms with Crippen molar-refractivity contribution in [3.63, 3.8) is 0 Å². The highest BCUT2D eigenvalue weighted by Crippen LogP contribution is 2.49. The lowest BCUT2D eigenvalue weighted by atomic mass is 9.80. The predicted molar refractivity (Wildman–Crippen MR) is 171 cm³/mol. The molecule has 1 fully saturated rings. The van der Waals surface area contributed by atoms with Crippen LogP contribution in [0.15, 0.2) is 42.5 Å². The summed E-state index contributed by atoms with van der Waals surface area (Å²) in [6.07, 6.45) is 2.60. The van der Waals surface area contributed by atoms with Gasteiger partial charge in [-0.2, -0.15) is 0 Å². The molecule has 1 unspecified atom stereocenters. The maximum atomic E-state index is 15.6. The molecule has 0 amide bonds. The van der Waals surface area contributed by atoms with E-state index < -0.39 is 23.0 Å². The zero-order chi connectivity index (χ0) is 33.2. The molecule has 0 radical (unpaired) electrons. The average Bonchev–Trinajstić information content (AvgIpc) is 2.96. The van der Waals surface area contributed by atoms with Crippen LogP contribution in [0.1, 0.15) is 82.4 Å². The van der Waals surface area contributed by atoms with Gasteiger partial charge >= 0.3 is 5.97 Å². The summed E-state index contributed by atoms with van der Waals surface area (Å²) in [6.45, 7) is 12.6. The van der Waals surface area contributed by atoms with E-state index in [2.05, 4.69) is 18.8 Å². The van der Waals surface area contributed by atoms with Crippen LogP contribution in [0, 0.1) is 17.0 Å². The fraction of sp³-hybridized carbons (Fsp3) is 0.457. The van der Waals surface area contributed by atoms with Crippen molar-refractivity contribution in [1.29, 1.82) is 0 Å². The van der Waals surface area contributed by atoms with Gasteiger partial charge in [0.1, 0.15) is 16.7 Å². The second kappa shape index (κ2) is 13.4. The van der Waals surface area contributed by atoms with Gasteiger partial charge in [0.25, 0.3) is 0 Å². The normalized spacial score (nSPS) is 16.2. The number of carbonyl (C=O) groups is 2. The standard InChI is InChI=1S/C35H41ClF2N2O5/c1-7-35(32(42)43,45-33(2,3)4)29-30(40-17-15-34(5,6)16-18-40)28(26(21-41)39-31(29)36)23-10-13-27(25(38)20-23)44-19-14-22-8-11-24(37)12-9-22/h8-13,20-21H,7,14-19H2,1-6H3,(H,42,43). The number of carbonyl (C=O) groups excluding carboxylic acids is 1. The summed E-state index contributed by atoms with van der Waals surface area (Å²) in [6, 6.07) is 10.3. The SMILES string of the molecule is CCC(OC(C)(C)C)(C(=O)O)c1c(Cl)nc(C=O)c(-c2ccc(OCCc3ccc(F)cc3)c(F)c2)c1N1CCC(C)(C)CC1. The molecule has 2 aromatic carbocycles. The van der Waals surface area contributed by atoms with Gasteiger partial charge in [-0.15, -0.1) is 0 Å². The first-order valence-electron chi connectivity index (χ1n) is 15.2. The van der Waals surface area contributed by atoms with Crippen LogP contribution in [0.2, 0.25) is 5.15 Å². The maximum Gasteiger partial charge on any atom is 0.340 e. The first-order valence-corrected chi connectivity index (χ1v) is 15.5. The third kappa shape index (κ3) is 7.64. The van der Waals surface area contributed by atoms with Gasteiger partial charge in [-0.25, -0.2) is 18.6 Å². The number of carboxylic acids is 1. The number of hydrogen-bond acceptors (Lipinski definition) is 6.